The van der Waals surface area contributed by atoms with Crippen molar-refractivity contribution < 1.29 is 4.74 Å². The lowest BCUT2D eigenvalue weighted by Gasteiger charge is -2.26. The largest absolute Gasteiger partial charge is 0.379 e. The van der Waals surface area contributed by atoms with Crippen LogP contribution in [0.5, 0.6) is 0 Å². The summed E-state index contributed by atoms with van der Waals surface area (Å²) in [5.41, 5.74) is 2.63. The molecule has 0 spiro atoms. The van der Waals surface area contributed by atoms with Crippen molar-refractivity contribution in [1.82, 2.24) is 15.1 Å². The molecular formula is C20H34N4O. The Kier molecular flexibility index (Phi) is 8.77. The number of nitrogens with zero attached hydrogens (tertiary/aromatic N) is 3. The molecule has 1 aliphatic rings. The van der Waals surface area contributed by atoms with Gasteiger partial charge in [-0.3, -0.25) is 4.90 Å². The van der Waals surface area contributed by atoms with Gasteiger partial charge >= 0.3 is 0 Å². The van der Waals surface area contributed by atoms with Crippen molar-refractivity contribution in [3.63, 3.8) is 0 Å². The molecular weight excluding hydrogens is 312 g/mol. The molecule has 0 saturated carbocycles. The van der Waals surface area contributed by atoms with Crippen LogP contribution >= 0.6 is 0 Å². The van der Waals surface area contributed by atoms with Gasteiger partial charge in [0.05, 0.1) is 19.8 Å². The first-order valence-corrected chi connectivity index (χ1v) is 9.60. The topological polar surface area (TPSA) is 40.1 Å². The summed E-state index contributed by atoms with van der Waals surface area (Å²) < 4.78 is 5.43. The van der Waals surface area contributed by atoms with Gasteiger partial charge in [-0.2, -0.15) is 0 Å². The lowest BCUT2D eigenvalue weighted by atomic mass is 10.1. The molecule has 5 heteroatoms. The number of hydrogen-bond donors (Lipinski definition) is 1. The number of benzene rings is 1. The molecule has 0 aromatic heterocycles. The summed E-state index contributed by atoms with van der Waals surface area (Å²) in [6.45, 7) is 11.7. The van der Waals surface area contributed by atoms with Crippen LogP contribution in [0.4, 0.5) is 0 Å². The van der Waals surface area contributed by atoms with Gasteiger partial charge in [0.2, 0.25) is 0 Å². The maximum Gasteiger partial charge on any atom is 0.193 e. The fourth-order valence-electron chi connectivity index (χ4n) is 2.98. The van der Waals surface area contributed by atoms with Crippen LogP contribution in [0.1, 0.15) is 37.8 Å². The molecule has 25 heavy (non-hydrogen) atoms. The van der Waals surface area contributed by atoms with Crippen molar-refractivity contribution in [2.45, 2.75) is 39.8 Å². The van der Waals surface area contributed by atoms with Crippen molar-refractivity contribution in [2.75, 3.05) is 46.4 Å². The number of rotatable bonds is 8. The summed E-state index contributed by atoms with van der Waals surface area (Å²) in [4.78, 5) is 9.50. The molecule has 1 heterocycles. The molecule has 1 aromatic carbocycles. The van der Waals surface area contributed by atoms with Crippen molar-refractivity contribution >= 4 is 5.96 Å². The number of morpholine rings is 1. The highest BCUT2D eigenvalue weighted by atomic mass is 16.5. The summed E-state index contributed by atoms with van der Waals surface area (Å²) in [6.07, 6.45) is 2.39. The van der Waals surface area contributed by atoms with E-state index in [0.717, 1.165) is 58.4 Å². The molecule has 0 aliphatic carbocycles. The number of unbranched alkanes of at least 4 members (excludes halogenated alkanes) is 1. The van der Waals surface area contributed by atoms with Crippen molar-refractivity contribution in [3.05, 3.63) is 35.4 Å². The second kappa shape index (κ2) is 11.1. The van der Waals surface area contributed by atoms with E-state index >= 15 is 0 Å². The highest BCUT2D eigenvalue weighted by Gasteiger charge is 2.11. The van der Waals surface area contributed by atoms with E-state index in [-0.39, 0.29) is 0 Å². The van der Waals surface area contributed by atoms with Crippen LogP contribution in [0.2, 0.25) is 0 Å². The van der Waals surface area contributed by atoms with Gasteiger partial charge in [0.15, 0.2) is 5.96 Å². The average molecular weight is 347 g/mol. The van der Waals surface area contributed by atoms with E-state index < -0.39 is 0 Å². The van der Waals surface area contributed by atoms with Crippen LogP contribution in [0.3, 0.4) is 0 Å². The molecule has 2 rings (SSSR count). The van der Waals surface area contributed by atoms with E-state index in [1.54, 1.807) is 0 Å². The van der Waals surface area contributed by atoms with Gasteiger partial charge in [-0.15, -0.1) is 0 Å². The van der Waals surface area contributed by atoms with E-state index in [1.807, 2.05) is 0 Å². The zero-order valence-corrected chi connectivity index (χ0v) is 16.1. The number of guanidine groups is 1. The first-order chi connectivity index (χ1) is 12.2. The predicted octanol–water partition coefficient (Wildman–Crippen LogP) is 2.72. The number of hydrogen-bond acceptors (Lipinski definition) is 3. The van der Waals surface area contributed by atoms with E-state index in [9.17, 15) is 0 Å². The smallest absolute Gasteiger partial charge is 0.193 e. The highest BCUT2D eigenvalue weighted by molar-refractivity contribution is 5.79. The molecule has 1 fully saturated rings. The van der Waals surface area contributed by atoms with E-state index in [2.05, 4.69) is 60.3 Å². The standard InChI is InChI=1S/C20H34N4O/c1-4-6-10-23(3)20(21-5-2)22-16-18-8-7-9-19(15-18)17-24-11-13-25-14-12-24/h7-9,15H,4-6,10-14,16-17H2,1-3H3,(H,21,22). The average Bonchev–Trinajstić information content (AvgIpc) is 2.64. The number of aliphatic imine (C=N–C) groups is 1. The summed E-state index contributed by atoms with van der Waals surface area (Å²) in [5.74, 6) is 0.995. The van der Waals surface area contributed by atoms with Gasteiger partial charge in [-0.25, -0.2) is 4.99 Å². The summed E-state index contributed by atoms with van der Waals surface area (Å²) in [7, 11) is 2.12. The maximum absolute atomic E-state index is 5.43. The van der Waals surface area contributed by atoms with Gasteiger partial charge < -0.3 is 15.0 Å². The molecule has 1 saturated heterocycles. The van der Waals surface area contributed by atoms with E-state index in [4.69, 9.17) is 9.73 Å². The minimum absolute atomic E-state index is 0.718. The molecule has 1 aromatic rings. The van der Waals surface area contributed by atoms with Crippen LogP contribution in [-0.4, -0.2) is 62.2 Å². The first kappa shape index (κ1) is 19.7. The minimum Gasteiger partial charge on any atom is -0.379 e. The zero-order valence-electron chi connectivity index (χ0n) is 16.1. The Bertz CT molecular complexity index is 526. The molecule has 1 N–H and O–H groups in total. The van der Waals surface area contributed by atoms with Gasteiger partial charge in [-0.05, 0) is 24.5 Å². The molecule has 5 nitrogen and oxygen atoms in total. The SMILES string of the molecule is CCCCN(C)C(=NCc1cccc(CN2CCOCC2)c1)NCC. The number of nitrogens with one attached hydrogen (secondary N) is 1. The Hall–Kier alpha value is -1.59. The number of ether oxygens (including phenoxy) is 1. The summed E-state index contributed by atoms with van der Waals surface area (Å²) >= 11 is 0. The van der Waals surface area contributed by atoms with Gasteiger partial charge in [0.1, 0.15) is 0 Å². The van der Waals surface area contributed by atoms with Crippen LogP contribution in [0.15, 0.2) is 29.3 Å². The van der Waals surface area contributed by atoms with E-state index in [1.165, 1.54) is 24.0 Å². The second-order valence-corrected chi connectivity index (χ2v) is 6.65. The predicted molar refractivity (Wildman–Crippen MR) is 105 cm³/mol. The van der Waals surface area contributed by atoms with Gasteiger partial charge in [0, 0.05) is 39.8 Å². The Balaban J connectivity index is 1.96. The molecule has 0 amide bonds. The monoisotopic (exact) mass is 346 g/mol. The third-order valence-corrected chi connectivity index (χ3v) is 4.46. The molecule has 0 atom stereocenters. The van der Waals surface area contributed by atoms with Crippen molar-refractivity contribution in [1.29, 1.82) is 0 Å². The van der Waals surface area contributed by atoms with Gasteiger partial charge in [0.25, 0.3) is 0 Å². The van der Waals surface area contributed by atoms with Crippen LogP contribution in [-0.2, 0) is 17.8 Å². The zero-order chi connectivity index (χ0) is 17.9. The molecule has 140 valence electrons. The minimum atomic E-state index is 0.718. The third-order valence-electron chi connectivity index (χ3n) is 4.46. The Morgan fingerprint density at radius 2 is 2.00 bits per heavy atom. The lowest BCUT2D eigenvalue weighted by molar-refractivity contribution is 0.0342. The highest BCUT2D eigenvalue weighted by Crippen LogP contribution is 2.11. The van der Waals surface area contributed by atoms with Crippen LogP contribution in [0, 0.1) is 0 Å². The summed E-state index contributed by atoms with van der Waals surface area (Å²) in [6, 6.07) is 8.81. The van der Waals surface area contributed by atoms with E-state index in [0.29, 0.717) is 0 Å². The molecule has 0 radical (unpaired) electrons. The third kappa shape index (κ3) is 7.04. The second-order valence-electron chi connectivity index (χ2n) is 6.65. The quantitative estimate of drug-likeness (QED) is 0.580. The van der Waals surface area contributed by atoms with Crippen molar-refractivity contribution in [3.8, 4) is 0 Å². The van der Waals surface area contributed by atoms with Crippen molar-refractivity contribution in [2.24, 2.45) is 4.99 Å². The maximum atomic E-state index is 5.43. The Morgan fingerprint density at radius 3 is 2.72 bits per heavy atom. The molecule has 0 bridgehead atoms. The molecule has 1 aliphatic heterocycles. The Morgan fingerprint density at radius 1 is 1.24 bits per heavy atom. The Labute approximate surface area is 153 Å². The summed E-state index contributed by atoms with van der Waals surface area (Å²) in [5, 5.41) is 3.40. The van der Waals surface area contributed by atoms with Gasteiger partial charge in [-0.1, -0.05) is 37.6 Å². The fraction of sp³-hybridized carbons (Fsp3) is 0.650. The molecule has 0 unspecified atom stereocenters. The first-order valence-electron chi connectivity index (χ1n) is 9.60. The lowest BCUT2D eigenvalue weighted by Crippen LogP contribution is -2.39. The fourth-order valence-corrected chi connectivity index (χ4v) is 2.98. The normalized spacial score (nSPS) is 16.0. The van der Waals surface area contributed by atoms with Crippen LogP contribution < -0.4 is 5.32 Å². The van der Waals surface area contributed by atoms with Crippen LogP contribution in [0.25, 0.3) is 0 Å².